The molecule has 0 unspecified atom stereocenters. The Morgan fingerprint density at radius 1 is 1.09 bits per heavy atom. The van der Waals surface area contributed by atoms with Crippen LogP contribution in [0.1, 0.15) is 0 Å². The minimum atomic E-state index is -0.508. The van der Waals surface area contributed by atoms with Crippen molar-refractivity contribution in [2.75, 3.05) is 14.2 Å². The minimum Gasteiger partial charge on any atom is -0.497 e. The lowest BCUT2D eigenvalue weighted by atomic mass is 10.1. The molecule has 0 aliphatic rings. The van der Waals surface area contributed by atoms with Crippen LogP contribution in [0.3, 0.4) is 0 Å². The average molecular weight is 334 g/mol. The molecule has 0 amide bonds. The molecular formula is C17H13ClFNO3. The SMILES string of the molecule is COc1cc(Cl)c2[nH]c(-c3ccc(OC)c(F)c3)cc(=O)c2c1. The second-order valence-electron chi connectivity index (χ2n) is 4.93. The van der Waals surface area contributed by atoms with Crippen LogP contribution in [0.4, 0.5) is 4.39 Å². The van der Waals surface area contributed by atoms with E-state index in [-0.39, 0.29) is 11.2 Å². The monoisotopic (exact) mass is 333 g/mol. The summed E-state index contributed by atoms with van der Waals surface area (Å²) in [6.45, 7) is 0. The maximum atomic E-state index is 13.9. The number of benzene rings is 2. The Labute approximate surface area is 136 Å². The summed E-state index contributed by atoms with van der Waals surface area (Å²) >= 11 is 6.21. The van der Waals surface area contributed by atoms with Gasteiger partial charge in [-0.1, -0.05) is 11.6 Å². The van der Waals surface area contributed by atoms with Crippen LogP contribution in [-0.2, 0) is 0 Å². The third kappa shape index (κ3) is 2.75. The van der Waals surface area contributed by atoms with Crippen LogP contribution in [-0.4, -0.2) is 19.2 Å². The highest BCUT2D eigenvalue weighted by atomic mass is 35.5. The van der Waals surface area contributed by atoms with E-state index in [1.165, 1.54) is 32.4 Å². The number of hydrogen-bond acceptors (Lipinski definition) is 3. The lowest BCUT2D eigenvalue weighted by Crippen LogP contribution is -2.04. The van der Waals surface area contributed by atoms with Gasteiger partial charge in [0.15, 0.2) is 17.0 Å². The Morgan fingerprint density at radius 2 is 1.87 bits per heavy atom. The molecular weight excluding hydrogens is 321 g/mol. The van der Waals surface area contributed by atoms with Gasteiger partial charge in [-0.15, -0.1) is 0 Å². The van der Waals surface area contributed by atoms with E-state index in [0.29, 0.717) is 32.9 Å². The molecule has 0 bridgehead atoms. The van der Waals surface area contributed by atoms with Crippen molar-refractivity contribution in [3.8, 4) is 22.8 Å². The second kappa shape index (κ2) is 5.93. The maximum Gasteiger partial charge on any atom is 0.190 e. The van der Waals surface area contributed by atoms with Gasteiger partial charge in [-0.2, -0.15) is 0 Å². The lowest BCUT2D eigenvalue weighted by Gasteiger charge is -2.09. The third-order valence-corrected chi connectivity index (χ3v) is 3.86. The number of nitrogens with one attached hydrogen (secondary N) is 1. The number of rotatable bonds is 3. The molecule has 1 N–H and O–H groups in total. The number of methoxy groups -OCH3 is 2. The van der Waals surface area contributed by atoms with E-state index in [4.69, 9.17) is 21.1 Å². The van der Waals surface area contributed by atoms with Crippen LogP contribution < -0.4 is 14.9 Å². The van der Waals surface area contributed by atoms with E-state index in [0.717, 1.165) is 0 Å². The predicted octanol–water partition coefficient (Wildman–Crippen LogP) is 4.00. The van der Waals surface area contributed by atoms with Gasteiger partial charge in [0.05, 0.1) is 30.1 Å². The van der Waals surface area contributed by atoms with Gasteiger partial charge in [0.2, 0.25) is 0 Å². The lowest BCUT2D eigenvalue weighted by molar-refractivity contribution is 0.386. The van der Waals surface area contributed by atoms with E-state index in [1.807, 2.05) is 0 Å². The first-order chi connectivity index (χ1) is 11.0. The molecule has 0 atom stereocenters. The molecule has 23 heavy (non-hydrogen) atoms. The molecule has 1 aromatic heterocycles. The number of ether oxygens (including phenoxy) is 2. The van der Waals surface area contributed by atoms with Gasteiger partial charge in [0.1, 0.15) is 5.75 Å². The summed E-state index contributed by atoms with van der Waals surface area (Å²) in [5.74, 6) is 0.127. The van der Waals surface area contributed by atoms with Gasteiger partial charge in [0.25, 0.3) is 0 Å². The topological polar surface area (TPSA) is 51.3 Å². The van der Waals surface area contributed by atoms with Gasteiger partial charge >= 0.3 is 0 Å². The van der Waals surface area contributed by atoms with Crippen LogP contribution in [0.15, 0.2) is 41.2 Å². The zero-order valence-electron chi connectivity index (χ0n) is 12.4. The first-order valence-corrected chi connectivity index (χ1v) is 7.15. The molecule has 1 heterocycles. The van der Waals surface area contributed by atoms with E-state index >= 15 is 0 Å². The van der Waals surface area contributed by atoms with Gasteiger partial charge in [-0.25, -0.2) is 4.39 Å². The molecule has 0 fully saturated rings. The third-order valence-electron chi connectivity index (χ3n) is 3.56. The number of hydrogen-bond donors (Lipinski definition) is 1. The standard InChI is InChI=1S/C17H13ClFNO3/c1-22-10-6-11-15(21)8-14(20-17(11)12(18)7-10)9-3-4-16(23-2)13(19)5-9/h3-8H,1-2H3,(H,20,21). The Hall–Kier alpha value is -2.53. The summed E-state index contributed by atoms with van der Waals surface area (Å²) in [7, 11) is 2.89. The second-order valence-corrected chi connectivity index (χ2v) is 5.34. The van der Waals surface area contributed by atoms with Crippen LogP contribution in [0.25, 0.3) is 22.2 Å². The molecule has 3 rings (SSSR count). The molecule has 4 nitrogen and oxygen atoms in total. The van der Waals surface area contributed by atoms with Gasteiger partial charge < -0.3 is 14.5 Å². The average Bonchev–Trinajstić information content (AvgIpc) is 2.55. The summed E-state index contributed by atoms with van der Waals surface area (Å²) in [6.07, 6.45) is 0. The molecule has 6 heteroatoms. The first kappa shape index (κ1) is 15.4. The maximum absolute atomic E-state index is 13.9. The molecule has 0 saturated heterocycles. The number of pyridine rings is 1. The number of H-pyrrole nitrogens is 1. The summed E-state index contributed by atoms with van der Waals surface area (Å²) in [6, 6.07) is 9.09. The Bertz CT molecular complexity index is 952. The quantitative estimate of drug-likeness (QED) is 0.788. The fraction of sp³-hybridized carbons (Fsp3) is 0.118. The largest absolute Gasteiger partial charge is 0.497 e. The molecule has 0 aliphatic heterocycles. The van der Waals surface area contributed by atoms with E-state index in [1.54, 1.807) is 18.2 Å². The Morgan fingerprint density at radius 3 is 2.52 bits per heavy atom. The molecule has 2 aromatic carbocycles. The van der Waals surface area contributed by atoms with E-state index in [9.17, 15) is 9.18 Å². The minimum absolute atomic E-state index is 0.139. The predicted molar refractivity (Wildman–Crippen MR) is 88.1 cm³/mol. The van der Waals surface area contributed by atoms with Crippen molar-refractivity contribution >= 4 is 22.5 Å². The van der Waals surface area contributed by atoms with Crippen LogP contribution in [0, 0.1) is 5.82 Å². The van der Waals surface area contributed by atoms with Crippen molar-refractivity contribution in [3.63, 3.8) is 0 Å². The number of fused-ring (bicyclic) bond motifs is 1. The molecule has 0 aliphatic carbocycles. The fourth-order valence-electron chi connectivity index (χ4n) is 2.39. The van der Waals surface area contributed by atoms with Crippen LogP contribution >= 0.6 is 11.6 Å². The first-order valence-electron chi connectivity index (χ1n) is 6.78. The highest BCUT2D eigenvalue weighted by molar-refractivity contribution is 6.35. The smallest absolute Gasteiger partial charge is 0.190 e. The van der Waals surface area contributed by atoms with Crippen LogP contribution in [0.2, 0.25) is 5.02 Å². The zero-order valence-corrected chi connectivity index (χ0v) is 13.2. The van der Waals surface area contributed by atoms with E-state index in [2.05, 4.69) is 4.98 Å². The van der Waals surface area contributed by atoms with Crippen molar-refractivity contribution in [1.82, 2.24) is 4.98 Å². The van der Waals surface area contributed by atoms with Gasteiger partial charge in [0, 0.05) is 23.4 Å². The van der Waals surface area contributed by atoms with Crippen LogP contribution in [0.5, 0.6) is 11.5 Å². The molecule has 0 radical (unpaired) electrons. The van der Waals surface area contributed by atoms with E-state index < -0.39 is 5.82 Å². The van der Waals surface area contributed by atoms with Crippen molar-refractivity contribution in [2.45, 2.75) is 0 Å². The summed E-state index contributed by atoms with van der Waals surface area (Å²) in [5, 5.41) is 0.763. The fourth-order valence-corrected chi connectivity index (χ4v) is 2.65. The highest BCUT2D eigenvalue weighted by Gasteiger charge is 2.11. The highest BCUT2D eigenvalue weighted by Crippen LogP contribution is 2.29. The molecule has 0 saturated carbocycles. The Kier molecular flexibility index (Phi) is 3.96. The molecule has 118 valence electrons. The van der Waals surface area contributed by atoms with Gasteiger partial charge in [-0.3, -0.25) is 4.79 Å². The molecule has 3 aromatic rings. The van der Waals surface area contributed by atoms with Crippen molar-refractivity contribution in [2.24, 2.45) is 0 Å². The zero-order chi connectivity index (χ0) is 16.6. The summed E-state index contributed by atoms with van der Waals surface area (Å²) in [4.78, 5) is 15.4. The van der Waals surface area contributed by atoms with Crippen molar-refractivity contribution in [3.05, 3.63) is 57.5 Å². The number of aromatic amines is 1. The van der Waals surface area contributed by atoms with Gasteiger partial charge in [-0.05, 0) is 24.3 Å². The Balaban J connectivity index is 2.22. The number of aromatic nitrogens is 1. The molecule has 0 spiro atoms. The number of halogens is 2. The van der Waals surface area contributed by atoms with Crippen molar-refractivity contribution in [1.29, 1.82) is 0 Å². The van der Waals surface area contributed by atoms with Crippen molar-refractivity contribution < 1.29 is 13.9 Å². The summed E-state index contributed by atoms with van der Waals surface area (Å²) < 4.78 is 23.9. The normalized spacial score (nSPS) is 10.8. The summed E-state index contributed by atoms with van der Waals surface area (Å²) in [5.41, 5.74) is 1.24.